The summed E-state index contributed by atoms with van der Waals surface area (Å²) < 4.78 is 7.07. The predicted octanol–water partition coefficient (Wildman–Crippen LogP) is 2.29. The van der Waals surface area contributed by atoms with Gasteiger partial charge in [0.1, 0.15) is 0 Å². The lowest BCUT2D eigenvalue weighted by molar-refractivity contribution is -0.121. The lowest BCUT2D eigenvalue weighted by Crippen LogP contribution is -2.27. The minimum absolute atomic E-state index is 0.130. The van der Waals surface area contributed by atoms with Crippen molar-refractivity contribution in [3.05, 3.63) is 64.8 Å². The quantitative estimate of drug-likeness (QED) is 0.650. The molecule has 2 heterocycles. The number of carbonyl (C=O) groups is 1. The molecular formula is C21H22N4O3. The molecule has 0 saturated heterocycles. The fourth-order valence-electron chi connectivity index (χ4n) is 2.87. The van der Waals surface area contributed by atoms with Gasteiger partial charge in [0.05, 0.1) is 23.8 Å². The Labute approximate surface area is 162 Å². The number of nitrogens with one attached hydrogen (secondary N) is 1. The first-order valence-corrected chi connectivity index (χ1v) is 9.47. The number of benzene rings is 1. The predicted molar refractivity (Wildman–Crippen MR) is 105 cm³/mol. The third-order valence-corrected chi connectivity index (χ3v) is 4.76. The number of aromatic nitrogens is 3. The molecular weight excluding hydrogens is 356 g/mol. The van der Waals surface area contributed by atoms with Crippen LogP contribution in [0.2, 0.25) is 0 Å². The molecule has 0 radical (unpaired) electrons. The number of rotatable bonds is 8. The second-order valence-corrected chi connectivity index (χ2v) is 7.05. The second kappa shape index (κ2) is 8.21. The van der Waals surface area contributed by atoms with Gasteiger partial charge in [-0.15, -0.1) is 0 Å². The van der Waals surface area contributed by atoms with Crippen LogP contribution in [0.3, 0.4) is 0 Å². The molecule has 1 aliphatic rings. The van der Waals surface area contributed by atoms with Gasteiger partial charge in [-0.2, -0.15) is 0 Å². The number of aryl methyl sites for hydroxylation is 1. The maximum Gasteiger partial charge on any atom is 0.261 e. The Kier molecular flexibility index (Phi) is 5.32. The van der Waals surface area contributed by atoms with Crippen LogP contribution in [0.15, 0.2) is 53.7 Å². The van der Waals surface area contributed by atoms with Crippen LogP contribution in [0.5, 0.6) is 5.88 Å². The van der Waals surface area contributed by atoms with Crippen LogP contribution in [0.1, 0.15) is 24.8 Å². The number of fused-ring (bicyclic) bond motifs is 1. The minimum Gasteiger partial charge on any atom is -0.477 e. The monoisotopic (exact) mass is 378 g/mol. The number of para-hydroxylation sites is 1. The van der Waals surface area contributed by atoms with E-state index in [1.165, 1.54) is 23.7 Å². The van der Waals surface area contributed by atoms with E-state index >= 15 is 0 Å². The van der Waals surface area contributed by atoms with Crippen molar-refractivity contribution in [1.82, 2.24) is 19.9 Å². The molecule has 7 nitrogen and oxygen atoms in total. The van der Waals surface area contributed by atoms with Crippen LogP contribution >= 0.6 is 0 Å². The van der Waals surface area contributed by atoms with Crippen LogP contribution < -0.4 is 15.6 Å². The highest BCUT2D eigenvalue weighted by Gasteiger charge is 2.22. The number of ether oxygens (including phenoxy) is 1. The summed E-state index contributed by atoms with van der Waals surface area (Å²) in [6, 6.07) is 10.9. The average Bonchev–Trinajstić information content (AvgIpc) is 3.56. The normalized spacial score (nSPS) is 13.4. The van der Waals surface area contributed by atoms with E-state index in [9.17, 15) is 9.59 Å². The first-order valence-electron chi connectivity index (χ1n) is 9.47. The summed E-state index contributed by atoms with van der Waals surface area (Å²) in [7, 11) is 0. The highest BCUT2D eigenvalue weighted by molar-refractivity contribution is 5.77. The van der Waals surface area contributed by atoms with Gasteiger partial charge in [0.25, 0.3) is 5.56 Å². The lowest BCUT2D eigenvalue weighted by atomic mass is 10.2. The van der Waals surface area contributed by atoms with Gasteiger partial charge < -0.3 is 10.1 Å². The van der Waals surface area contributed by atoms with E-state index in [1.807, 2.05) is 18.2 Å². The topological polar surface area (TPSA) is 86.1 Å². The molecule has 3 aromatic rings. The molecule has 0 atom stereocenters. The van der Waals surface area contributed by atoms with Crippen molar-refractivity contribution in [2.75, 3.05) is 6.61 Å². The lowest BCUT2D eigenvalue weighted by Gasteiger charge is -2.08. The molecule has 0 aliphatic heterocycles. The number of nitrogens with zero attached hydrogens (tertiary/aromatic N) is 3. The summed E-state index contributed by atoms with van der Waals surface area (Å²) in [5, 5.41) is 3.41. The van der Waals surface area contributed by atoms with E-state index in [1.54, 1.807) is 24.4 Å². The fourth-order valence-corrected chi connectivity index (χ4v) is 2.87. The van der Waals surface area contributed by atoms with Gasteiger partial charge in [0.2, 0.25) is 11.8 Å². The zero-order chi connectivity index (χ0) is 19.3. The largest absolute Gasteiger partial charge is 0.477 e. The Bertz CT molecular complexity index is 1030. The van der Waals surface area contributed by atoms with Crippen LogP contribution in [0.4, 0.5) is 0 Å². The minimum atomic E-state index is -0.135. The van der Waals surface area contributed by atoms with Gasteiger partial charge in [-0.05, 0) is 36.5 Å². The van der Waals surface area contributed by atoms with E-state index in [0.717, 1.165) is 12.2 Å². The maximum atomic E-state index is 12.4. The molecule has 1 N–H and O–H groups in total. The summed E-state index contributed by atoms with van der Waals surface area (Å²) in [5.74, 6) is 1.17. The molecule has 1 fully saturated rings. The Balaban J connectivity index is 1.26. The summed E-state index contributed by atoms with van der Waals surface area (Å²) in [4.78, 5) is 33.1. The van der Waals surface area contributed by atoms with Crippen molar-refractivity contribution in [3.8, 4) is 5.88 Å². The summed E-state index contributed by atoms with van der Waals surface area (Å²) in [6.45, 7) is 1.40. The first-order chi connectivity index (χ1) is 13.7. The third-order valence-electron chi connectivity index (χ3n) is 4.76. The Morgan fingerprint density at radius 1 is 1.18 bits per heavy atom. The molecule has 1 aliphatic carbocycles. The van der Waals surface area contributed by atoms with Crippen molar-refractivity contribution in [3.63, 3.8) is 0 Å². The molecule has 7 heteroatoms. The maximum absolute atomic E-state index is 12.4. The van der Waals surface area contributed by atoms with E-state index in [0.29, 0.717) is 29.2 Å². The number of hydrogen-bond donors (Lipinski definition) is 1. The smallest absolute Gasteiger partial charge is 0.261 e. The summed E-state index contributed by atoms with van der Waals surface area (Å²) >= 11 is 0. The van der Waals surface area contributed by atoms with Crippen LogP contribution in [0.25, 0.3) is 10.9 Å². The third kappa shape index (κ3) is 4.54. The molecule has 2 aromatic heterocycles. The fraction of sp³-hybridized carbons (Fsp3) is 0.333. The van der Waals surface area contributed by atoms with Gasteiger partial charge in [0.15, 0.2) is 0 Å². The first kappa shape index (κ1) is 18.2. The van der Waals surface area contributed by atoms with Crippen molar-refractivity contribution >= 4 is 16.8 Å². The van der Waals surface area contributed by atoms with Gasteiger partial charge in [-0.25, -0.2) is 9.97 Å². The van der Waals surface area contributed by atoms with Gasteiger partial charge in [-0.1, -0.05) is 18.2 Å². The zero-order valence-corrected chi connectivity index (χ0v) is 15.5. The van der Waals surface area contributed by atoms with Crippen LogP contribution in [0, 0.1) is 5.92 Å². The van der Waals surface area contributed by atoms with Crippen LogP contribution in [-0.4, -0.2) is 27.0 Å². The molecule has 0 spiro atoms. The molecule has 1 aromatic carbocycles. The number of hydrogen-bond acceptors (Lipinski definition) is 5. The van der Waals surface area contributed by atoms with Gasteiger partial charge >= 0.3 is 0 Å². The van der Waals surface area contributed by atoms with Crippen molar-refractivity contribution in [2.24, 2.45) is 5.92 Å². The van der Waals surface area contributed by atoms with Crippen LogP contribution in [-0.2, 0) is 17.9 Å². The summed E-state index contributed by atoms with van der Waals surface area (Å²) in [6.07, 6.45) is 5.88. The highest BCUT2D eigenvalue weighted by Crippen LogP contribution is 2.29. The molecule has 0 unspecified atom stereocenters. The zero-order valence-electron chi connectivity index (χ0n) is 15.5. The van der Waals surface area contributed by atoms with Gasteiger partial charge in [-0.3, -0.25) is 14.2 Å². The standard InChI is InChI=1S/C21H22N4O3/c26-19(9-10-25-14-24-18-4-2-1-3-17(18)21(25)27)22-11-16-7-8-20(23-12-16)28-13-15-5-6-15/h1-4,7-8,12,14-15H,5-6,9-11,13H2,(H,22,26). The molecule has 0 bridgehead atoms. The second-order valence-electron chi connectivity index (χ2n) is 7.05. The Hall–Kier alpha value is -3.22. The molecule has 28 heavy (non-hydrogen) atoms. The number of pyridine rings is 1. The van der Waals surface area contributed by atoms with Crippen molar-refractivity contribution in [2.45, 2.75) is 32.4 Å². The number of carbonyl (C=O) groups excluding carboxylic acids is 1. The van der Waals surface area contributed by atoms with Crippen molar-refractivity contribution < 1.29 is 9.53 Å². The SMILES string of the molecule is O=C(CCn1cnc2ccccc2c1=O)NCc1ccc(OCC2CC2)nc1. The van der Waals surface area contributed by atoms with Gasteiger partial charge in [0, 0.05) is 31.8 Å². The van der Waals surface area contributed by atoms with Crippen molar-refractivity contribution in [1.29, 1.82) is 0 Å². The molecule has 4 rings (SSSR count). The van der Waals surface area contributed by atoms with E-state index in [2.05, 4.69) is 15.3 Å². The molecule has 1 saturated carbocycles. The van der Waals surface area contributed by atoms with E-state index in [-0.39, 0.29) is 24.4 Å². The highest BCUT2D eigenvalue weighted by atomic mass is 16.5. The summed E-state index contributed by atoms with van der Waals surface area (Å²) in [5.41, 5.74) is 1.42. The average molecular weight is 378 g/mol. The Morgan fingerprint density at radius 3 is 2.82 bits per heavy atom. The van der Waals surface area contributed by atoms with E-state index < -0.39 is 0 Å². The molecule has 144 valence electrons. The Morgan fingerprint density at radius 2 is 2.04 bits per heavy atom. The molecule has 1 amide bonds. The van der Waals surface area contributed by atoms with E-state index in [4.69, 9.17) is 4.74 Å². The number of amides is 1.